The number of alkyl carbamates (subject to hydrolysis) is 1. The van der Waals surface area contributed by atoms with Crippen molar-refractivity contribution < 1.29 is 9.53 Å². The summed E-state index contributed by atoms with van der Waals surface area (Å²) in [6.07, 6.45) is 0.404. The molecule has 0 saturated heterocycles. The van der Waals surface area contributed by atoms with Gasteiger partial charge in [-0.2, -0.15) is 5.26 Å². The number of hydrogen-bond acceptors (Lipinski definition) is 4. The van der Waals surface area contributed by atoms with Gasteiger partial charge in [0.25, 0.3) is 0 Å². The van der Waals surface area contributed by atoms with Crippen molar-refractivity contribution in [3.8, 4) is 6.07 Å². The number of carbonyl (C=O) groups excluding carboxylic acids is 1. The molecule has 0 fully saturated rings. The molecule has 1 amide bonds. The van der Waals surface area contributed by atoms with Crippen LogP contribution in [0.15, 0.2) is 24.3 Å². The Morgan fingerprint density at radius 2 is 2.04 bits per heavy atom. The molecule has 1 aromatic rings. The van der Waals surface area contributed by atoms with E-state index in [2.05, 4.69) is 23.6 Å². The third-order valence-electron chi connectivity index (χ3n) is 3.31. The average Bonchev–Trinajstić information content (AvgIpc) is 2.45. The lowest BCUT2D eigenvalue weighted by molar-refractivity contribution is 0.0506. The molecule has 5 heteroatoms. The van der Waals surface area contributed by atoms with Gasteiger partial charge in [0.2, 0.25) is 0 Å². The quantitative estimate of drug-likeness (QED) is 0.842. The minimum atomic E-state index is -0.484. The maximum Gasteiger partial charge on any atom is 0.407 e. The molecule has 2 N–H and O–H groups in total. The zero-order valence-electron chi connectivity index (χ0n) is 14.6. The van der Waals surface area contributed by atoms with Gasteiger partial charge in [-0.05, 0) is 65.3 Å². The average molecular weight is 317 g/mol. The third kappa shape index (κ3) is 7.66. The number of ether oxygens (including phenoxy) is 1. The standard InChI is InChI=1S/C18H27N3O2/c1-13(21-17(22)23-18(3,4)5)9-10-20-14(2)16-8-6-7-15(11-16)12-19/h6-8,11,13-14,20H,9-10H2,1-5H3,(H,21,22). The summed E-state index contributed by atoms with van der Waals surface area (Å²) < 4.78 is 5.23. The fraction of sp³-hybridized carbons (Fsp3) is 0.556. The smallest absolute Gasteiger partial charge is 0.407 e. The van der Waals surface area contributed by atoms with Crippen LogP contribution in [0.4, 0.5) is 4.79 Å². The van der Waals surface area contributed by atoms with Crippen LogP contribution in [-0.2, 0) is 4.74 Å². The van der Waals surface area contributed by atoms with Crippen molar-refractivity contribution in [2.24, 2.45) is 0 Å². The van der Waals surface area contributed by atoms with E-state index >= 15 is 0 Å². The molecule has 1 aromatic carbocycles. The lowest BCUT2D eigenvalue weighted by Crippen LogP contribution is -2.39. The first kappa shape index (κ1) is 19.0. The molecule has 0 heterocycles. The molecule has 0 aliphatic carbocycles. The van der Waals surface area contributed by atoms with Crippen molar-refractivity contribution in [3.05, 3.63) is 35.4 Å². The van der Waals surface area contributed by atoms with Crippen LogP contribution in [-0.4, -0.2) is 24.3 Å². The first-order valence-corrected chi connectivity index (χ1v) is 7.94. The number of rotatable bonds is 6. The molecule has 0 aliphatic heterocycles. The van der Waals surface area contributed by atoms with Gasteiger partial charge in [0.1, 0.15) is 5.60 Å². The topological polar surface area (TPSA) is 74.2 Å². The lowest BCUT2D eigenvalue weighted by atomic mass is 10.1. The van der Waals surface area contributed by atoms with Crippen molar-refractivity contribution in [3.63, 3.8) is 0 Å². The molecule has 0 spiro atoms. The van der Waals surface area contributed by atoms with Gasteiger partial charge in [0.05, 0.1) is 11.6 Å². The Morgan fingerprint density at radius 3 is 2.65 bits per heavy atom. The number of carbonyl (C=O) groups is 1. The molecule has 0 saturated carbocycles. The van der Waals surface area contributed by atoms with Crippen LogP contribution in [0.3, 0.4) is 0 Å². The van der Waals surface area contributed by atoms with E-state index < -0.39 is 5.60 Å². The zero-order chi connectivity index (χ0) is 17.5. The van der Waals surface area contributed by atoms with Crippen LogP contribution in [0.25, 0.3) is 0 Å². The van der Waals surface area contributed by atoms with Crippen LogP contribution in [0, 0.1) is 11.3 Å². The molecule has 2 atom stereocenters. The Labute approximate surface area is 139 Å². The molecule has 0 aliphatic rings. The SMILES string of the molecule is CC(CCNC(C)c1cccc(C#N)c1)NC(=O)OC(C)(C)C. The van der Waals surface area contributed by atoms with Crippen LogP contribution < -0.4 is 10.6 Å². The van der Waals surface area contributed by atoms with E-state index in [1.807, 2.05) is 45.9 Å². The van der Waals surface area contributed by atoms with Crippen LogP contribution >= 0.6 is 0 Å². The number of benzene rings is 1. The minimum absolute atomic E-state index is 0.0231. The maximum absolute atomic E-state index is 11.7. The summed E-state index contributed by atoms with van der Waals surface area (Å²) in [5.74, 6) is 0. The Bertz CT molecular complexity index is 558. The van der Waals surface area contributed by atoms with Crippen LogP contribution in [0.5, 0.6) is 0 Å². The largest absolute Gasteiger partial charge is 0.444 e. The van der Waals surface area contributed by atoms with Gasteiger partial charge in [0.15, 0.2) is 0 Å². The van der Waals surface area contributed by atoms with E-state index in [1.54, 1.807) is 6.07 Å². The van der Waals surface area contributed by atoms with Crippen molar-refractivity contribution in [2.75, 3.05) is 6.54 Å². The summed E-state index contributed by atoms with van der Waals surface area (Å²) in [6.45, 7) is 10.3. The van der Waals surface area contributed by atoms with Gasteiger partial charge in [-0.3, -0.25) is 0 Å². The summed E-state index contributed by atoms with van der Waals surface area (Å²) >= 11 is 0. The second-order valence-corrected chi connectivity index (χ2v) is 6.75. The van der Waals surface area contributed by atoms with Gasteiger partial charge in [-0.25, -0.2) is 4.79 Å². The zero-order valence-corrected chi connectivity index (χ0v) is 14.6. The van der Waals surface area contributed by atoms with E-state index in [0.29, 0.717) is 5.56 Å². The van der Waals surface area contributed by atoms with Gasteiger partial charge in [-0.1, -0.05) is 12.1 Å². The molecular formula is C18H27N3O2. The van der Waals surface area contributed by atoms with Gasteiger partial charge in [-0.15, -0.1) is 0 Å². The normalized spacial score (nSPS) is 13.7. The lowest BCUT2D eigenvalue weighted by Gasteiger charge is -2.22. The van der Waals surface area contributed by atoms with E-state index in [4.69, 9.17) is 10.00 Å². The number of nitriles is 1. The number of amides is 1. The fourth-order valence-corrected chi connectivity index (χ4v) is 2.09. The van der Waals surface area contributed by atoms with Crippen molar-refractivity contribution >= 4 is 6.09 Å². The first-order valence-electron chi connectivity index (χ1n) is 7.94. The Morgan fingerprint density at radius 1 is 1.35 bits per heavy atom. The Hall–Kier alpha value is -2.06. The highest BCUT2D eigenvalue weighted by molar-refractivity contribution is 5.68. The van der Waals surface area contributed by atoms with E-state index in [9.17, 15) is 4.79 Å². The highest BCUT2D eigenvalue weighted by Crippen LogP contribution is 2.14. The van der Waals surface area contributed by atoms with Crippen LogP contribution in [0.1, 0.15) is 58.2 Å². The minimum Gasteiger partial charge on any atom is -0.444 e. The summed E-state index contributed by atoms with van der Waals surface area (Å²) in [5.41, 5.74) is 1.26. The van der Waals surface area contributed by atoms with Crippen molar-refractivity contribution in [1.29, 1.82) is 5.26 Å². The second kappa shape index (κ2) is 8.54. The van der Waals surface area contributed by atoms with Gasteiger partial charge >= 0.3 is 6.09 Å². The predicted molar refractivity (Wildman–Crippen MR) is 91.0 cm³/mol. The van der Waals surface area contributed by atoms with Crippen molar-refractivity contribution in [2.45, 2.75) is 58.7 Å². The molecule has 0 aromatic heterocycles. The number of nitrogens with one attached hydrogen (secondary N) is 2. The molecule has 0 radical (unpaired) electrons. The second-order valence-electron chi connectivity index (χ2n) is 6.75. The highest BCUT2D eigenvalue weighted by atomic mass is 16.6. The van der Waals surface area contributed by atoms with Gasteiger partial charge < -0.3 is 15.4 Å². The molecule has 126 valence electrons. The van der Waals surface area contributed by atoms with Gasteiger partial charge in [0, 0.05) is 12.1 Å². The summed E-state index contributed by atoms with van der Waals surface area (Å²) in [7, 11) is 0. The van der Waals surface area contributed by atoms with E-state index in [-0.39, 0.29) is 18.2 Å². The summed E-state index contributed by atoms with van der Waals surface area (Å²) in [4.78, 5) is 11.7. The maximum atomic E-state index is 11.7. The monoisotopic (exact) mass is 317 g/mol. The Kier molecular flexibility index (Phi) is 7.05. The molecule has 23 heavy (non-hydrogen) atoms. The third-order valence-corrected chi connectivity index (χ3v) is 3.31. The fourth-order valence-electron chi connectivity index (χ4n) is 2.09. The molecule has 5 nitrogen and oxygen atoms in total. The number of hydrogen-bond donors (Lipinski definition) is 2. The first-order chi connectivity index (χ1) is 10.7. The molecular weight excluding hydrogens is 290 g/mol. The molecule has 1 rings (SSSR count). The van der Waals surface area contributed by atoms with E-state index in [0.717, 1.165) is 18.5 Å². The summed E-state index contributed by atoms with van der Waals surface area (Å²) in [5, 5.41) is 15.2. The highest BCUT2D eigenvalue weighted by Gasteiger charge is 2.17. The Balaban J connectivity index is 2.35. The van der Waals surface area contributed by atoms with Crippen molar-refractivity contribution in [1.82, 2.24) is 10.6 Å². The van der Waals surface area contributed by atoms with E-state index in [1.165, 1.54) is 0 Å². The predicted octanol–water partition coefficient (Wildman–Crippen LogP) is 3.51. The molecule has 0 bridgehead atoms. The summed E-state index contributed by atoms with van der Waals surface area (Å²) in [6, 6.07) is 9.89. The number of nitrogens with zero attached hydrogens (tertiary/aromatic N) is 1. The van der Waals surface area contributed by atoms with Crippen LogP contribution in [0.2, 0.25) is 0 Å². The molecule has 2 unspecified atom stereocenters.